The molecule has 0 unspecified atom stereocenters. The molecule has 104 valence electrons. The first-order valence-electron chi connectivity index (χ1n) is 6.28. The van der Waals surface area contributed by atoms with Gasteiger partial charge in [-0.05, 0) is 17.5 Å². The van der Waals surface area contributed by atoms with Gasteiger partial charge in [0.2, 0.25) is 0 Å². The van der Waals surface area contributed by atoms with Crippen LogP contribution in [0.3, 0.4) is 0 Å². The summed E-state index contributed by atoms with van der Waals surface area (Å²) in [4.78, 5) is 15.5. The summed E-state index contributed by atoms with van der Waals surface area (Å²) in [6, 6.07) is 3.67. The van der Waals surface area contributed by atoms with Crippen molar-refractivity contribution in [2.24, 2.45) is 5.41 Å². The SMILES string of the molecule is CN(CC(C)(C)C)C(=O)c1ccc(C#CCCO)s1. The second-order valence-electron chi connectivity index (χ2n) is 5.66. The fraction of sp³-hybridized carbons (Fsp3) is 0.533. The van der Waals surface area contributed by atoms with Gasteiger partial charge in [0.15, 0.2) is 0 Å². The van der Waals surface area contributed by atoms with Crippen LogP contribution < -0.4 is 0 Å². The number of amides is 1. The molecule has 1 N–H and O–H groups in total. The van der Waals surface area contributed by atoms with Crippen LogP contribution in [-0.2, 0) is 0 Å². The quantitative estimate of drug-likeness (QED) is 0.864. The smallest absolute Gasteiger partial charge is 0.263 e. The van der Waals surface area contributed by atoms with E-state index in [1.165, 1.54) is 11.3 Å². The third-order valence-corrected chi connectivity index (χ3v) is 3.31. The third-order valence-electron chi connectivity index (χ3n) is 2.32. The van der Waals surface area contributed by atoms with Gasteiger partial charge in [0.05, 0.1) is 16.4 Å². The lowest BCUT2D eigenvalue weighted by Crippen LogP contribution is -2.34. The first-order chi connectivity index (χ1) is 8.83. The van der Waals surface area contributed by atoms with Crippen molar-refractivity contribution in [3.05, 3.63) is 21.9 Å². The highest BCUT2D eigenvalue weighted by Crippen LogP contribution is 2.20. The highest BCUT2D eigenvalue weighted by atomic mass is 32.1. The molecule has 19 heavy (non-hydrogen) atoms. The molecule has 1 heterocycles. The molecule has 0 radical (unpaired) electrons. The summed E-state index contributed by atoms with van der Waals surface area (Å²) in [5.74, 6) is 5.84. The molecule has 1 amide bonds. The van der Waals surface area contributed by atoms with Gasteiger partial charge in [-0.1, -0.05) is 32.6 Å². The van der Waals surface area contributed by atoms with E-state index in [4.69, 9.17) is 5.11 Å². The Morgan fingerprint density at radius 2 is 2.11 bits per heavy atom. The standard InChI is InChI=1S/C15H21NO2S/c1-15(2,3)11-16(4)14(18)13-9-8-12(19-13)7-5-6-10-17/h8-9,17H,6,10-11H2,1-4H3. The van der Waals surface area contributed by atoms with Gasteiger partial charge in [0, 0.05) is 20.0 Å². The van der Waals surface area contributed by atoms with Gasteiger partial charge >= 0.3 is 0 Å². The van der Waals surface area contributed by atoms with Crippen LogP contribution in [0, 0.1) is 17.3 Å². The minimum absolute atomic E-state index is 0.0372. The molecule has 0 spiro atoms. The fourth-order valence-corrected chi connectivity index (χ4v) is 2.57. The lowest BCUT2D eigenvalue weighted by Gasteiger charge is -2.26. The molecule has 0 aliphatic carbocycles. The van der Waals surface area contributed by atoms with Crippen LogP contribution in [0.5, 0.6) is 0 Å². The molecule has 3 nitrogen and oxygen atoms in total. The molecule has 0 aliphatic rings. The molecule has 0 atom stereocenters. The summed E-state index contributed by atoms with van der Waals surface area (Å²) in [7, 11) is 1.82. The Kier molecular flexibility index (Phi) is 5.59. The minimum Gasteiger partial charge on any atom is -0.395 e. The van der Waals surface area contributed by atoms with Gasteiger partial charge in [-0.25, -0.2) is 0 Å². The van der Waals surface area contributed by atoms with Gasteiger partial charge in [-0.3, -0.25) is 4.79 Å². The molecule has 0 fully saturated rings. The number of nitrogens with zero attached hydrogens (tertiary/aromatic N) is 1. The molecule has 0 aliphatic heterocycles. The summed E-state index contributed by atoms with van der Waals surface area (Å²) in [6.45, 7) is 7.11. The number of aliphatic hydroxyl groups excluding tert-OH is 1. The van der Waals surface area contributed by atoms with E-state index in [-0.39, 0.29) is 17.9 Å². The van der Waals surface area contributed by atoms with Crippen LogP contribution in [0.1, 0.15) is 41.7 Å². The fourth-order valence-electron chi connectivity index (χ4n) is 1.70. The van der Waals surface area contributed by atoms with E-state index < -0.39 is 0 Å². The van der Waals surface area contributed by atoms with E-state index in [2.05, 4.69) is 32.6 Å². The Balaban J connectivity index is 2.71. The van der Waals surface area contributed by atoms with E-state index in [9.17, 15) is 4.79 Å². The first kappa shape index (κ1) is 15.7. The summed E-state index contributed by atoms with van der Waals surface area (Å²) < 4.78 is 0. The van der Waals surface area contributed by atoms with Crippen LogP contribution in [-0.4, -0.2) is 36.1 Å². The van der Waals surface area contributed by atoms with E-state index in [1.54, 1.807) is 4.90 Å². The van der Waals surface area contributed by atoms with Crippen LogP contribution in [0.25, 0.3) is 0 Å². The molecule has 0 bridgehead atoms. The number of aliphatic hydroxyl groups is 1. The van der Waals surface area contributed by atoms with Crippen molar-refractivity contribution >= 4 is 17.2 Å². The summed E-state index contributed by atoms with van der Waals surface area (Å²) in [5.41, 5.74) is 0.0887. The van der Waals surface area contributed by atoms with E-state index in [0.717, 1.165) is 11.4 Å². The monoisotopic (exact) mass is 279 g/mol. The van der Waals surface area contributed by atoms with Crippen molar-refractivity contribution in [3.8, 4) is 11.8 Å². The zero-order chi connectivity index (χ0) is 14.5. The Labute approximate surface area is 119 Å². The van der Waals surface area contributed by atoms with Crippen molar-refractivity contribution in [2.75, 3.05) is 20.2 Å². The largest absolute Gasteiger partial charge is 0.395 e. The summed E-state index contributed by atoms with van der Waals surface area (Å²) >= 11 is 1.40. The maximum atomic E-state index is 12.2. The predicted octanol–water partition coefficient (Wildman–Crippen LogP) is 2.60. The Hall–Kier alpha value is -1.31. The molecule has 1 aromatic rings. The maximum absolute atomic E-state index is 12.2. The second-order valence-corrected chi connectivity index (χ2v) is 6.74. The van der Waals surface area contributed by atoms with Crippen LogP contribution in [0.4, 0.5) is 0 Å². The van der Waals surface area contributed by atoms with Crippen molar-refractivity contribution in [1.82, 2.24) is 4.90 Å². The number of carbonyl (C=O) groups excluding carboxylic acids is 1. The minimum atomic E-state index is 0.0372. The zero-order valence-electron chi connectivity index (χ0n) is 12.0. The van der Waals surface area contributed by atoms with Gasteiger partial charge in [0.25, 0.3) is 5.91 Å². The van der Waals surface area contributed by atoms with Crippen LogP contribution in [0.2, 0.25) is 0 Å². The van der Waals surface area contributed by atoms with Gasteiger partial charge in [-0.15, -0.1) is 11.3 Å². The van der Waals surface area contributed by atoms with Crippen LogP contribution >= 0.6 is 11.3 Å². The predicted molar refractivity (Wildman–Crippen MR) is 79.3 cm³/mol. The van der Waals surface area contributed by atoms with Crippen molar-refractivity contribution < 1.29 is 9.90 Å². The van der Waals surface area contributed by atoms with E-state index in [1.807, 2.05) is 19.2 Å². The van der Waals surface area contributed by atoms with Gasteiger partial charge < -0.3 is 10.0 Å². The summed E-state index contributed by atoms with van der Waals surface area (Å²) in [6.07, 6.45) is 0.463. The van der Waals surface area contributed by atoms with Crippen LogP contribution in [0.15, 0.2) is 12.1 Å². The third kappa shape index (κ3) is 5.46. The van der Waals surface area contributed by atoms with Gasteiger partial charge in [-0.2, -0.15) is 0 Å². The molecule has 1 rings (SSSR count). The van der Waals surface area contributed by atoms with E-state index in [0.29, 0.717) is 11.3 Å². The first-order valence-corrected chi connectivity index (χ1v) is 7.10. The number of hydrogen-bond donors (Lipinski definition) is 1. The normalized spacial score (nSPS) is 10.8. The average molecular weight is 279 g/mol. The molecule has 0 saturated heterocycles. The Bertz CT molecular complexity index is 488. The number of thiophene rings is 1. The number of rotatable bonds is 3. The Morgan fingerprint density at radius 1 is 1.42 bits per heavy atom. The van der Waals surface area contributed by atoms with Crippen molar-refractivity contribution in [3.63, 3.8) is 0 Å². The molecule has 0 aromatic carbocycles. The average Bonchev–Trinajstić information content (AvgIpc) is 2.75. The topological polar surface area (TPSA) is 40.5 Å². The maximum Gasteiger partial charge on any atom is 0.263 e. The van der Waals surface area contributed by atoms with Crippen molar-refractivity contribution in [2.45, 2.75) is 27.2 Å². The Morgan fingerprint density at radius 3 is 2.68 bits per heavy atom. The van der Waals surface area contributed by atoms with E-state index >= 15 is 0 Å². The molecular formula is C15H21NO2S. The molecule has 0 saturated carbocycles. The van der Waals surface area contributed by atoms with Gasteiger partial charge in [0.1, 0.15) is 0 Å². The lowest BCUT2D eigenvalue weighted by atomic mass is 9.96. The summed E-state index contributed by atoms with van der Waals surface area (Å²) in [5, 5.41) is 8.66. The molecule has 4 heteroatoms. The van der Waals surface area contributed by atoms with Crippen molar-refractivity contribution in [1.29, 1.82) is 0 Å². The second kappa shape index (κ2) is 6.74. The molecular weight excluding hydrogens is 258 g/mol. The zero-order valence-corrected chi connectivity index (χ0v) is 12.8. The number of hydrogen-bond acceptors (Lipinski definition) is 3. The highest BCUT2D eigenvalue weighted by molar-refractivity contribution is 7.14. The number of carbonyl (C=O) groups is 1. The lowest BCUT2D eigenvalue weighted by molar-refractivity contribution is 0.0750. The highest BCUT2D eigenvalue weighted by Gasteiger charge is 2.19. The molecule has 1 aromatic heterocycles.